The SMILES string of the molecule is COc1ccccc1OCC(=O)Nc1ccc(-c2nnc(-c3ccccc3)o2)cc1. The number of anilines is 1. The van der Waals surface area contributed by atoms with Crippen LogP contribution in [-0.4, -0.2) is 29.8 Å². The summed E-state index contributed by atoms with van der Waals surface area (Å²) in [5.74, 6) is 1.67. The van der Waals surface area contributed by atoms with E-state index < -0.39 is 0 Å². The number of aromatic nitrogens is 2. The smallest absolute Gasteiger partial charge is 0.262 e. The molecule has 1 aromatic heterocycles. The first-order valence-electron chi connectivity index (χ1n) is 9.28. The third-order valence-corrected chi connectivity index (χ3v) is 4.29. The lowest BCUT2D eigenvalue weighted by atomic mass is 10.2. The van der Waals surface area contributed by atoms with E-state index in [0.717, 1.165) is 11.1 Å². The van der Waals surface area contributed by atoms with E-state index in [2.05, 4.69) is 15.5 Å². The molecule has 3 aromatic carbocycles. The Morgan fingerprint density at radius 2 is 1.43 bits per heavy atom. The van der Waals surface area contributed by atoms with E-state index in [9.17, 15) is 4.79 Å². The number of nitrogens with zero attached hydrogens (tertiary/aromatic N) is 2. The number of ether oxygens (including phenoxy) is 2. The molecular weight excluding hydrogens is 382 g/mol. The highest BCUT2D eigenvalue weighted by atomic mass is 16.5. The number of methoxy groups -OCH3 is 1. The molecule has 0 aliphatic rings. The van der Waals surface area contributed by atoms with Gasteiger partial charge < -0.3 is 19.2 Å². The third kappa shape index (κ3) is 4.47. The second kappa shape index (κ2) is 8.91. The number of benzene rings is 3. The standard InChI is InChI=1S/C23H19N3O4/c1-28-19-9-5-6-10-20(19)29-15-21(27)24-18-13-11-17(12-14-18)23-26-25-22(30-23)16-7-3-2-4-8-16/h2-14H,15H2,1H3,(H,24,27). The highest BCUT2D eigenvalue weighted by Gasteiger charge is 2.11. The van der Waals surface area contributed by atoms with E-state index in [-0.39, 0.29) is 12.5 Å². The summed E-state index contributed by atoms with van der Waals surface area (Å²) in [6, 6.07) is 23.9. The molecule has 150 valence electrons. The summed E-state index contributed by atoms with van der Waals surface area (Å²) in [7, 11) is 1.55. The number of carbonyl (C=O) groups excluding carboxylic acids is 1. The zero-order chi connectivity index (χ0) is 20.8. The van der Waals surface area contributed by atoms with Crippen LogP contribution >= 0.6 is 0 Å². The van der Waals surface area contributed by atoms with Crippen molar-refractivity contribution in [1.29, 1.82) is 0 Å². The molecule has 4 aromatic rings. The number of rotatable bonds is 7. The van der Waals surface area contributed by atoms with Gasteiger partial charge in [-0.3, -0.25) is 4.79 Å². The van der Waals surface area contributed by atoms with Crippen molar-refractivity contribution in [3.05, 3.63) is 78.9 Å². The molecule has 0 spiro atoms. The van der Waals surface area contributed by atoms with Gasteiger partial charge in [0.25, 0.3) is 5.91 Å². The van der Waals surface area contributed by atoms with Crippen molar-refractivity contribution in [3.63, 3.8) is 0 Å². The Kier molecular flexibility index (Phi) is 5.70. The first-order valence-corrected chi connectivity index (χ1v) is 9.28. The monoisotopic (exact) mass is 401 g/mol. The fourth-order valence-electron chi connectivity index (χ4n) is 2.81. The molecule has 0 radical (unpaired) electrons. The van der Waals surface area contributed by atoms with E-state index in [1.54, 1.807) is 43.5 Å². The first kappa shape index (κ1) is 19.2. The minimum Gasteiger partial charge on any atom is -0.493 e. The van der Waals surface area contributed by atoms with Gasteiger partial charge in [0.1, 0.15) is 0 Å². The summed E-state index contributed by atoms with van der Waals surface area (Å²) in [5.41, 5.74) is 2.25. The lowest BCUT2D eigenvalue weighted by Crippen LogP contribution is -2.20. The summed E-state index contributed by atoms with van der Waals surface area (Å²) in [6.45, 7) is -0.133. The summed E-state index contributed by atoms with van der Waals surface area (Å²) in [5, 5.41) is 11.0. The molecule has 1 N–H and O–H groups in total. The van der Waals surface area contributed by atoms with Gasteiger partial charge in [0.15, 0.2) is 18.1 Å². The van der Waals surface area contributed by atoms with Crippen LogP contribution < -0.4 is 14.8 Å². The van der Waals surface area contributed by atoms with E-state index in [0.29, 0.717) is 29.0 Å². The molecule has 0 fully saturated rings. The molecule has 0 atom stereocenters. The fraction of sp³-hybridized carbons (Fsp3) is 0.0870. The van der Waals surface area contributed by atoms with Gasteiger partial charge in [0.2, 0.25) is 11.8 Å². The fourth-order valence-corrected chi connectivity index (χ4v) is 2.81. The molecule has 0 unspecified atom stereocenters. The molecule has 1 amide bonds. The highest BCUT2D eigenvalue weighted by molar-refractivity contribution is 5.92. The van der Waals surface area contributed by atoms with Crippen molar-refractivity contribution in [3.8, 4) is 34.4 Å². The van der Waals surface area contributed by atoms with Gasteiger partial charge in [0, 0.05) is 16.8 Å². The van der Waals surface area contributed by atoms with Crippen LogP contribution in [0.3, 0.4) is 0 Å². The summed E-state index contributed by atoms with van der Waals surface area (Å²) in [6.07, 6.45) is 0. The number of nitrogens with one attached hydrogen (secondary N) is 1. The quantitative estimate of drug-likeness (QED) is 0.493. The molecule has 0 aliphatic heterocycles. The second-order valence-corrected chi connectivity index (χ2v) is 6.34. The molecule has 0 bridgehead atoms. The Labute approximate surface area is 173 Å². The molecular formula is C23H19N3O4. The maximum atomic E-state index is 12.2. The summed E-state index contributed by atoms with van der Waals surface area (Å²) < 4.78 is 16.5. The predicted octanol–water partition coefficient (Wildman–Crippen LogP) is 4.43. The van der Waals surface area contributed by atoms with Gasteiger partial charge in [0.05, 0.1) is 7.11 Å². The van der Waals surface area contributed by atoms with Gasteiger partial charge >= 0.3 is 0 Å². The Balaban J connectivity index is 1.37. The maximum absolute atomic E-state index is 12.2. The van der Waals surface area contributed by atoms with Gasteiger partial charge in [-0.25, -0.2) is 0 Å². The second-order valence-electron chi connectivity index (χ2n) is 6.34. The van der Waals surface area contributed by atoms with Gasteiger partial charge in [-0.05, 0) is 48.5 Å². The Bertz CT molecular complexity index is 1120. The van der Waals surface area contributed by atoms with E-state index in [4.69, 9.17) is 13.9 Å². The van der Waals surface area contributed by atoms with Gasteiger partial charge in [-0.2, -0.15) is 0 Å². The van der Waals surface area contributed by atoms with Crippen molar-refractivity contribution in [2.75, 3.05) is 19.0 Å². The van der Waals surface area contributed by atoms with Crippen molar-refractivity contribution in [2.24, 2.45) is 0 Å². The van der Waals surface area contributed by atoms with Gasteiger partial charge in [-0.1, -0.05) is 30.3 Å². The molecule has 1 heterocycles. The Morgan fingerprint density at radius 1 is 0.833 bits per heavy atom. The average Bonchev–Trinajstić information content (AvgIpc) is 3.29. The maximum Gasteiger partial charge on any atom is 0.262 e. The summed E-state index contributed by atoms with van der Waals surface area (Å²) >= 11 is 0. The van der Waals surface area contributed by atoms with Crippen molar-refractivity contribution >= 4 is 11.6 Å². The van der Waals surface area contributed by atoms with E-state index >= 15 is 0 Å². The lowest BCUT2D eigenvalue weighted by Gasteiger charge is -2.10. The van der Waals surface area contributed by atoms with E-state index in [1.165, 1.54) is 0 Å². The van der Waals surface area contributed by atoms with Crippen LogP contribution in [0.1, 0.15) is 0 Å². The topological polar surface area (TPSA) is 86.5 Å². The Morgan fingerprint density at radius 3 is 2.10 bits per heavy atom. The van der Waals surface area contributed by atoms with E-state index in [1.807, 2.05) is 42.5 Å². The van der Waals surface area contributed by atoms with Crippen LogP contribution in [0.4, 0.5) is 5.69 Å². The molecule has 30 heavy (non-hydrogen) atoms. The molecule has 4 rings (SSSR count). The van der Waals surface area contributed by atoms with Crippen molar-refractivity contribution in [2.45, 2.75) is 0 Å². The Hall–Kier alpha value is -4.13. The minimum atomic E-state index is -0.280. The lowest BCUT2D eigenvalue weighted by molar-refractivity contribution is -0.118. The molecule has 7 nitrogen and oxygen atoms in total. The normalized spacial score (nSPS) is 10.4. The number of hydrogen-bond acceptors (Lipinski definition) is 6. The molecule has 0 aliphatic carbocycles. The zero-order valence-electron chi connectivity index (χ0n) is 16.2. The van der Waals surface area contributed by atoms with Crippen LogP contribution in [0.5, 0.6) is 11.5 Å². The molecule has 7 heteroatoms. The van der Waals surface area contributed by atoms with Crippen LogP contribution in [0.15, 0.2) is 83.3 Å². The number of carbonyl (C=O) groups is 1. The van der Waals surface area contributed by atoms with Crippen LogP contribution in [0.2, 0.25) is 0 Å². The van der Waals surface area contributed by atoms with Crippen LogP contribution in [-0.2, 0) is 4.79 Å². The number of para-hydroxylation sites is 2. The minimum absolute atomic E-state index is 0.133. The molecule has 0 saturated carbocycles. The predicted molar refractivity (Wildman–Crippen MR) is 112 cm³/mol. The number of amides is 1. The van der Waals surface area contributed by atoms with Crippen molar-refractivity contribution < 1.29 is 18.7 Å². The van der Waals surface area contributed by atoms with Crippen LogP contribution in [0.25, 0.3) is 22.9 Å². The summed E-state index contributed by atoms with van der Waals surface area (Å²) in [4.78, 5) is 12.2. The average molecular weight is 401 g/mol. The largest absolute Gasteiger partial charge is 0.493 e. The van der Waals surface area contributed by atoms with Crippen molar-refractivity contribution in [1.82, 2.24) is 10.2 Å². The van der Waals surface area contributed by atoms with Gasteiger partial charge in [-0.15, -0.1) is 10.2 Å². The third-order valence-electron chi connectivity index (χ3n) is 4.29. The highest BCUT2D eigenvalue weighted by Crippen LogP contribution is 2.26. The molecule has 0 saturated heterocycles. The first-order chi connectivity index (χ1) is 14.7. The zero-order valence-corrected chi connectivity index (χ0v) is 16.2. The van der Waals surface area contributed by atoms with Crippen LogP contribution in [0, 0.1) is 0 Å². The number of hydrogen-bond donors (Lipinski definition) is 1.